The summed E-state index contributed by atoms with van der Waals surface area (Å²) in [7, 11) is 0. The molecule has 144 valence electrons. The molecule has 0 bridgehead atoms. The summed E-state index contributed by atoms with van der Waals surface area (Å²) in [5, 5.41) is 18.2. The highest BCUT2D eigenvalue weighted by Gasteiger charge is 2.20. The number of carbonyl (C=O) groups excluding carboxylic acids is 1. The van der Waals surface area contributed by atoms with Crippen LogP contribution in [-0.2, 0) is 17.8 Å². The van der Waals surface area contributed by atoms with Crippen LogP contribution in [0, 0.1) is 6.92 Å². The molecule has 0 saturated heterocycles. The average molecular weight is 380 g/mol. The van der Waals surface area contributed by atoms with Crippen molar-refractivity contribution in [1.29, 1.82) is 0 Å². The molecule has 0 spiro atoms. The van der Waals surface area contributed by atoms with Gasteiger partial charge in [-0.15, -0.1) is 0 Å². The molecule has 0 aliphatic carbocycles. The molecule has 3 rings (SSSR count). The number of aryl methyl sites for hydroxylation is 1. The first kappa shape index (κ1) is 19.1. The third-order valence-corrected chi connectivity index (χ3v) is 4.14. The van der Waals surface area contributed by atoms with E-state index >= 15 is 0 Å². The number of carboxylic acid groups (broad SMARTS) is 1. The van der Waals surface area contributed by atoms with Crippen LogP contribution < -0.4 is 10.6 Å². The highest BCUT2D eigenvalue weighted by molar-refractivity contribution is 5.82. The Balaban J connectivity index is 1.56. The van der Waals surface area contributed by atoms with Gasteiger partial charge in [-0.2, -0.15) is 4.98 Å². The maximum absolute atomic E-state index is 12.1. The van der Waals surface area contributed by atoms with E-state index in [1.807, 2.05) is 49.4 Å². The van der Waals surface area contributed by atoms with Crippen LogP contribution in [0.2, 0.25) is 0 Å². The molecule has 0 aliphatic rings. The van der Waals surface area contributed by atoms with E-state index in [1.165, 1.54) is 0 Å². The van der Waals surface area contributed by atoms with Crippen LogP contribution in [-0.4, -0.2) is 33.3 Å². The number of aromatic nitrogens is 2. The fraction of sp³-hybridized carbons (Fsp3) is 0.200. The third kappa shape index (κ3) is 4.94. The minimum Gasteiger partial charge on any atom is -0.480 e. The van der Waals surface area contributed by atoms with E-state index in [9.17, 15) is 14.7 Å². The molecule has 0 unspecified atom stereocenters. The van der Waals surface area contributed by atoms with Crippen LogP contribution in [0.5, 0.6) is 0 Å². The smallest absolute Gasteiger partial charge is 0.326 e. The number of amides is 2. The van der Waals surface area contributed by atoms with Crippen LogP contribution in [0.15, 0.2) is 59.1 Å². The van der Waals surface area contributed by atoms with Gasteiger partial charge in [0.05, 0.1) is 6.54 Å². The van der Waals surface area contributed by atoms with Crippen molar-refractivity contribution in [3.05, 3.63) is 71.6 Å². The van der Waals surface area contributed by atoms with Gasteiger partial charge < -0.3 is 20.3 Å². The zero-order valence-electron chi connectivity index (χ0n) is 15.3. The molecule has 0 saturated carbocycles. The largest absolute Gasteiger partial charge is 0.480 e. The maximum Gasteiger partial charge on any atom is 0.326 e. The standard InChI is InChI=1S/C20H20N4O4/c1-13-7-5-6-10-15(13)18-23-17(28-24-18)12-21-20(27)22-16(19(25)26)11-14-8-3-2-4-9-14/h2-10,16H,11-12H2,1H3,(H,25,26)(H2,21,22,27)/t16-/m1/s1. The molecular formula is C20H20N4O4. The highest BCUT2D eigenvalue weighted by atomic mass is 16.5. The lowest BCUT2D eigenvalue weighted by atomic mass is 10.1. The number of rotatable bonds is 7. The van der Waals surface area contributed by atoms with E-state index in [0.717, 1.165) is 16.7 Å². The van der Waals surface area contributed by atoms with E-state index in [0.29, 0.717) is 5.82 Å². The normalized spacial score (nSPS) is 11.6. The fourth-order valence-corrected chi connectivity index (χ4v) is 2.67. The minimum atomic E-state index is -1.11. The highest BCUT2D eigenvalue weighted by Crippen LogP contribution is 2.19. The Labute approximate surface area is 161 Å². The number of aliphatic carboxylic acids is 1. The molecule has 1 aromatic heterocycles. The molecular weight excluding hydrogens is 360 g/mol. The van der Waals surface area contributed by atoms with E-state index in [2.05, 4.69) is 20.8 Å². The monoisotopic (exact) mass is 380 g/mol. The van der Waals surface area contributed by atoms with Gasteiger partial charge in [-0.05, 0) is 18.1 Å². The van der Waals surface area contributed by atoms with E-state index in [-0.39, 0.29) is 18.9 Å². The Bertz CT molecular complexity index is 956. The Hall–Kier alpha value is -3.68. The molecule has 0 fully saturated rings. The van der Waals surface area contributed by atoms with Gasteiger partial charge in [0.2, 0.25) is 11.7 Å². The van der Waals surface area contributed by atoms with Crippen molar-refractivity contribution < 1.29 is 19.2 Å². The number of nitrogens with one attached hydrogen (secondary N) is 2. The minimum absolute atomic E-state index is 0.0115. The predicted octanol–water partition coefficient (Wildman–Crippen LogP) is 2.54. The molecule has 2 aromatic carbocycles. The summed E-state index contributed by atoms with van der Waals surface area (Å²) in [5.74, 6) is -0.454. The molecule has 3 aromatic rings. The van der Waals surface area contributed by atoms with Crippen LogP contribution in [0.4, 0.5) is 4.79 Å². The molecule has 1 atom stereocenters. The number of hydrogen-bond acceptors (Lipinski definition) is 5. The summed E-state index contributed by atoms with van der Waals surface area (Å²) in [5.41, 5.74) is 2.66. The summed E-state index contributed by atoms with van der Waals surface area (Å²) >= 11 is 0. The average Bonchev–Trinajstić information content (AvgIpc) is 3.16. The summed E-state index contributed by atoms with van der Waals surface area (Å²) < 4.78 is 5.15. The Kier molecular flexibility index (Phi) is 6.01. The molecule has 8 nitrogen and oxygen atoms in total. The van der Waals surface area contributed by atoms with E-state index in [1.54, 1.807) is 12.1 Å². The van der Waals surface area contributed by atoms with Gasteiger partial charge in [0.25, 0.3) is 0 Å². The SMILES string of the molecule is Cc1ccccc1-c1noc(CNC(=O)N[C@H](Cc2ccccc2)C(=O)O)n1. The molecule has 2 amide bonds. The summed E-state index contributed by atoms with van der Waals surface area (Å²) in [6.45, 7) is 1.93. The number of carboxylic acids is 1. The molecule has 28 heavy (non-hydrogen) atoms. The Morgan fingerprint density at radius 3 is 2.54 bits per heavy atom. The first-order valence-corrected chi connectivity index (χ1v) is 8.72. The first-order valence-electron chi connectivity index (χ1n) is 8.72. The van der Waals surface area contributed by atoms with Crippen LogP contribution >= 0.6 is 0 Å². The van der Waals surface area contributed by atoms with Crippen LogP contribution in [0.25, 0.3) is 11.4 Å². The molecule has 0 aliphatic heterocycles. The lowest BCUT2D eigenvalue weighted by molar-refractivity contribution is -0.139. The molecule has 3 N–H and O–H groups in total. The maximum atomic E-state index is 12.1. The second kappa shape index (κ2) is 8.81. The Morgan fingerprint density at radius 2 is 1.82 bits per heavy atom. The second-order valence-corrected chi connectivity index (χ2v) is 6.23. The predicted molar refractivity (Wildman–Crippen MR) is 101 cm³/mol. The molecule has 1 heterocycles. The first-order chi connectivity index (χ1) is 13.5. The van der Waals surface area contributed by atoms with Gasteiger partial charge in [-0.3, -0.25) is 0 Å². The fourth-order valence-electron chi connectivity index (χ4n) is 2.67. The number of nitrogens with zero attached hydrogens (tertiary/aromatic N) is 2. The topological polar surface area (TPSA) is 117 Å². The van der Waals surface area contributed by atoms with Gasteiger partial charge in [0.1, 0.15) is 6.04 Å². The van der Waals surface area contributed by atoms with Crippen LogP contribution in [0.3, 0.4) is 0 Å². The van der Waals surface area contributed by atoms with E-state index in [4.69, 9.17) is 4.52 Å². The van der Waals surface area contributed by atoms with E-state index < -0.39 is 18.0 Å². The van der Waals surface area contributed by atoms with Crippen molar-refractivity contribution in [3.8, 4) is 11.4 Å². The van der Waals surface area contributed by atoms with Gasteiger partial charge in [0.15, 0.2) is 0 Å². The number of benzene rings is 2. The van der Waals surface area contributed by atoms with Crippen molar-refractivity contribution in [1.82, 2.24) is 20.8 Å². The number of hydrogen-bond donors (Lipinski definition) is 3. The lowest BCUT2D eigenvalue weighted by Crippen LogP contribution is -2.46. The summed E-state index contributed by atoms with van der Waals surface area (Å²) in [6, 6.07) is 15.0. The summed E-state index contributed by atoms with van der Waals surface area (Å²) in [4.78, 5) is 27.8. The van der Waals surface area contributed by atoms with Crippen molar-refractivity contribution in [2.24, 2.45) is 0 Å². The second-order valence-electron chi connectivity index (χ2n) is 6.23. The van der Waals surface area contributed by atoms with Crippen molar-refractivity contribution >= 4 is 12.0 Å². The quantitative estimate of drug-likeness (QED) is 0.580. The zero-order chi connectivity index (χ0) is 19.9. The Morgan fingerprint density at radius 1 is 1.11 bits per heavy atom. The molecule has 0 radical (unpaired) electrons. The van der Waals surface area contributed by atoms with Crippen molar-refractivity contribution in [2.75, 3.05) is 0 Å². The number of carbonyl (C=O) groups is 2. The summed E-state index contributed by atoms with van der Waals surface area (Å²) in [6.07, 6.45) is 0.182. The lowest BCUT2D eigenvalue weighted by Gasteiger charge is -2.14. The van der Waals surface area contributed by atoms with Crippen LogP contribution in [0.1, 0.15) is 17.0 Å². The van der Waals surface area contributed by atoms with Gasteiger partial charge in [0, 0.05) is 12.0 Å². The van der Waals surface area contributed by atoms with Crippen molar-refractivity contribution in [2.45, 2.75) is 25.9 Å². The van der Waals surface area contributed by atoms with Gasteiger partial charge in [-0.25, -0.2) is 9.59 Å². The van der Waals surface area contributed by atoms with Crippen molar-refractivity contribution in [3.63, 3.8) is 0 Å². The van der Waals surface area contributed by atoms with Gasteiger partial charge >= 0.3 is 12.0 Å². The van der Waals surface area contributed by atoms with Gasteiger partial charge in [-0.1, -0.05) is 59.8 Å². The third-order valence-electron chi connectivity index (χ3n) is 4.14. The molecule has 8 heteroatoms. The zero-order valence-corrected chi connectivity index (χ0v) is 15.3. The number of urea groups is 1.